The average molecular weight is 827 g/mol. The minimum absolute atomic E-state index is 0. The van der Waals surface area contributed by atoms with Crippen molar-refractivity contribution >= 4 is 17.0 Å². The van der Waals surface area contributed by atoms with Crippen LogP contribution in [0.5, 0.6) is 0 Å². The molecule has 0 aromatic carbocycles. The standard InChI is InChI=1S/C18H26.C10H15.C5H5.4CH3.4ClH.2Zr/c1-9-10(2)14(6)17(13(9)5)18-15(7)11(3)12(4)16(18)8;1-7-6-10(4,5)9(3)8(7)2;1-2-4-5-3-1;;;;;;;;;;/h13,15H,1-8H3;1-5H3;1-3H,4H2;4*1H3;4*1H;;/q;;;;;;;;;;;2*+2/p-4. The third kappa shape index (κ3) is 9.26. The third-order valence-electron chi connectivity index (χ3n) is 10.9. The zero-order valence-electron chi connectivity index (χ0n) is 30.1. The van der Waals surface area contributed by atoms with Crippen molar-refractivity contribution < 1.29 is 63.0 Å². The Balaban J connectivity index is 0.000000626. The Labute approximate surface area is 295 Å². The molecule has 0 aromatic heterocycles. The molecule has 2 unspecified atom stereocenters. The van der Waals surface area contributed by atoms with Gasteiger partial charge in [0, 0.05) is 11.8 Å². The van der Waals surface area contributed by atoms with Crippen molar-refractivity contribution in [2.75, 3.05) is 0 Å². The maximum Gasteiger partial charge on any atom is -1.00 e. The molecule has 0 radical (unpaired) electrons. The van der Waals surface area contributed by atoms with E-state index in [0.29, 0.717) is 17.3 Å². The molecule has 4 aliphatic rings. The van der Waals surface area contributed by atoms with Crippen LogP contribution in [0, 0.1) is 17.3 Å². The predicted octanol–water partition coefficient (Wildman–Crippen LogP) is 7.87. The van der Waals surface area contributed by atoms with Crippen molar-refractivity contribution in [3.05, 3.63) is 86.1 Å². The molecule has 6 heteroatoms. The SMILES string of the molecule is CC1=C(C)C(C)(C)[C]([Zr+2])=C1C.CC1=C(C)C(C)C(C2=C(C)C(C)=C(C)C2C)=C1C.[CH3][Zr]([CH3])([CH3])([CH3])([Cl])([Cl])[C]1=CC=CC1.[Cl-].[Cl-]. The van der Waals surface area contributed by atoms with Crippen molar-refractivity contribution in [1.29, 1.82) is 0 Å². The molecule has 0 amide bonds. The van der Waals surface area contributed by atoms with Gasteiger partial charge in [0.25, 0.3) is 0 Å². The van der Waals surface area contributed by atoms with Gasteiger partial charge in [-0.05, 0) is 75.0 Å². The van der Waals surface area contributed by atoms with E-state index in [-0.39, 0.29) is 24.8 Å². The topological polar surface area (TPSA) is 0 Å². The zero-order valence-corrected chi connectivity index (χ0v) is 38.0. The summed E-state index contributed by atoms with van der Waals surface area (Å²) in [7, 11) is 13.5. The minimum atomic E-state index is -4.39. The maximum atomic E-state index is 6.75. The molecule has 0 heterocycles. The molecule has 43 heavy (non-hydrogen) atoms. The fourth-order valence-corrected chi connectivity index (χ4v) is 14.0. The Bertz CT molecular complexity index is 1360. The van der Waals surface area contributed by atoms with Crippen molar-refractivity contribution in [2.24, 2.45) is 17.3 Å². The van der Waals surface area contributed by atoms with Crippen molar-refractivity contribution in [3.8, 4) is 0 Å². The Morgan fingerprint density at radius 3 is 1.19 bits per heavy atom. The molecule has 0 fully saturated rings. The van der Waals surface area contributed by atoms with Gasteiger partial charge in [0.1, 0.15) is 0 Å². The van der Waals surface area contributed by atoms with E-state index in [1.807, 2.05) is 24.6 Å². The molecule has 4 rings (SSSR count). The fraction of sp³-hybridized carbons (Fsp3) is 0.568. The van der Waals surface area contributed by atoms with Crippen LogP contribution in [0.25, 0.3) is 0 Å². The van der Waals surface area contributed by atoms with Crippen LogP contribution in [-0.2, 0) is 38.1 Å². The summed E-state index contributed by atoms with van der Waals surface area (Å²) in [6.07, 6.45) is 7.12. The molecule has 4 aliphatic carbocycles. The predicted molar refractivity (Wildman–Crippen MR) is 182 cm³/mol. The molecule has 2 atom stereocenters. The number of rotatable bonds is 2. The van der Waals surface area contributed by atoms with Crippen LogP contribution in [0.2, 0.25) is 18.5 Å². The summed E-state index contributed by atoms with van der Waals surface area (Å²) in [6, 6.07) is 0. The van der Waals surface area contributed by atoms with Crippen molar-refractivity contribution in [3.63, 3.8) is 0 Å². The third-order valence-corrected chi connectivity index (χ3v) is 24.7. The second-order valence-electron chi connectivity index (χ2n) is 17.1. The smallest absolute Gasteiger partial charge is 1.00 e. The molecule has 0 N–H and O–H groups in total. The average Bonchev–Trinajstić information content (AvgIpc) is 3.54. The summed E-state index contributed by atoms with van der Waals surface area (Å²) in [5.74, 6) is 1.19. The molecular weight excluding hydrogens is 769 g/mol. The zero-order chi connectivity index (χ0) is 32.4. The van der Waals surface area contributed by atoms with Gasteiger partial charge in [0.2, 0.25) is 0 Å². The summed E-state index contributed by atoms with van der Waals surface area (Å²) >= 11 is -2.81. The fourth-order valence-electron chi connectivity index (χ4n) is 6.52. The summed E-state index contributed by atoms with van der Waals surface area (Å²) in [4.78, 5) is 0. The van der Waals surface area contributed by atoms with Crippen molar-refractivity contribution in [1.82, 2.24) is 0 Å². The summed E-state index contributed by atoms with van der Waals surface area (Å²) in [6.45, 7) is 29.9. The van der Waals surface area contributed by atoms with Crippen LogP contribution in [0.1, 0.15) is 96.4 Å². The Kier molecular flexibility index (Phi) is 13.0. The van der Waals surface area contributed by atoms with Gasteiger partial charge in [-0.25, -0.2) is 0 Å². The van der Waals surface area contributed by atoms with Gasteiger partial charge < -0.3 is 24.8 Å². The van der Waals surface area contributed by atoms with E-state index >= 15 is 0 Å². The molecule has 0 spiro atoms. The van der Waals surface area contributed by atoms with E-state index in [1.54, 1.807) is 55.9 Å². The summed E-state index contributed by atoms with van der Waals surface area (Å²) < 4.78 is 11.0. The first-order chi connectivity index (χ1) is 18.0. The molecule has 242 valence electrons. The van der Waals surface area contributed by atoms with E-state index < -0.39 is 13.4 Å². The molecule has 0 saturated heterocycles. The Morgan fingerprint density at radius 2 is 1.05 bits per heavy atom. The normalized spacial score (nSPS) is 25.8. The van der Waals surface area contributed by atoms with Gasteiger partial charge in [0.15, 0.2) is 0 Å². The number of allylic oxidation sites excluding steroid dienone is 16. The quantitative estimate of drug-likeness (QED) is 0.266. The van der Waals surface area contributed by atoms with Gasteiger partial charge in [-0.15, -0.1) is 0 Å². The Morgan fingerprint density at radius 1 is 0.674 bits per heavy atom. The van der Waals surface area contributed by atoms with Gasteiger partial charge in [-0.2, -0.15) is 0 Å². The van der Waals surface area contributed by atoms with Crippen LogP contribution >= 0.6 is 17.0 Å². The second kappa shape index (κ2) is 12.7. The summed E-state index contributed by atoms with van der Waals surface area (Å²) in [5, 5.41) is 0. The monoisotopic (exact) mass is 822 g/mol. The molecule has 0 bridgehead atoms. The molecule has 0 nitrogen and oxygen atoms in total. The molecule has 0 aromatic rings. The number of hydrogen-bond acceptors (Lipinski definition) is 0. The maximum absolute atomic E-state index is 6.75. The number of hydrogen-bond donors (Lipinski definition) is 0. The van der Waals surface area contributed by atoms with Crippen LogP contribution < -0.4 is 24.8 Å². The number of halogens is 4. The summed E-state index contributed by atoms with van der Waals surface area (Å²) in [5.41, 5.74) is 17.3. The molecule has 0 aliphatic heterocycles. The van der Waals surface area contributed by atoms with E-state index in [0.717, 1.165) is 6.42 Å². The molecular formula is C37H58Cl4Zr2. The largest absolute Gasteiger partial charge is 1.00 e. The first kappa shape index (κ1) is 43.8. The van der Waals surface area contributed by atoms with Crippen LogP contribution in [0.4, 0.5) is 0 Å². The van der Waals surface area contributed by atoms with Gasteiger partial charge >= 0.3 is 162 Å². The van der Waals surface area contributed by atoms with E-state index in [2.05, 4.69) is 102 Å². The molecule has 0 saturated carbocycles. The Hall–Kier alpha value is 0.846. The van der Waals surface area contributed by atoms with Gasteiger partial charge in [0.05, 0.1) is 0 Å². The van der Waals surface area contributed by atoms with E-state index in [4.69, 9.17) is 17.0 Å². The van der Waals surface area contributed by atoms with Crippen LogP contribution in [-0.4, -0.2) is 0 Å². The van der Waals surface area contributed by atoms with E-state index in [9.17, 15) is 0 Å². The van der Waals surface area contributed by atoms with Crippen LogP contribution in [0.15, 0.2) is 86.1 Å². The van der Waals surface area contributed by atoms with Gasteiger partial charge in [-0.3, -0.25) is 0 Å². The van der Waals surface area contributed by atoms with E-state index in [1.165, 1.54) is 36.7 Å². The second-order valence-corrected chi connectivity index (χ2v) is 71.8. The first-order valence-electron chi connectivity index (χ1n) is 15.4. The van der Waals surface area contributed by atoms with Crippen LogP contribution in [0.3, 0.4) is 0 Å². The van der Waals surface area contributed by atoms with Crippen molar-refractivity contribution in [2.45, 2.75) is 115 Å². The van der Waals surface area contributed by atoms with Gasteiger partial charge in [-0.1, -0.05) is 25.0 Å². The minimum Gasteiger partial charge on any atom is -1.00 e. The first-order valence-corrected chi connectivity index (χ1v) is 34.0.